The highest BCUT2D eigenvalue weighted by Crippen LogP contribution is 2.23. The number of H-pyrrole nitrogens is 1. The Morgan fingerprint density at radius 1 is 1.35 bits per heavy atom. The van der Waals surface area contributed by atoms with Crippen molar-refractivity contribution >= 4 is 16.8 Å². The number of carbonyl (C=O) groups excluding carboxylic acids is 1. The molecule has 2 aromatic rings. The van der Waals surface area contributed by atoms with E-state index in [2.05, 4.69) is 15.5 Å². The fourth-order valence-electron chi connectivity index (χ4n) is 2.77. The summed E-state index contributed by atoms with van der Waals surface area (Å²) >= 11 is 0. The van der Waals surface area contributed by atoms with E-state index in [0.29, 0.717) is 18.0 Å². The van der Waals surface area contributed by atoms with Gasteiger partial charge in [0.2, 0.25) is 0 Å². The van der Waals surface area contributed by atoms with Crippen LogP contribution in [0.25, 0.3) is 10.9 Å². The lowest BCUT2D eigenvalue weighted by molar-refractivity contribution is 0.0910. The minimum atomic E-state index is -0.148. The second-order valence-electron chi connectivity index (χ2n) is 5.56. The molecule has 20 heavy (non-hydrogen) atoms. The minimum absolute atomic E-state index is 0.0424. The maximum Gasteiger partial charge on any atom is 0.251 e. The van der Waals surface area contributed by atoms with E-state index >= 15 is 0 Å². The minimum Gasteiger partial charge on any atom is -0.393 e. The fraction of sp³-hybridized carbons (Fsp3) is 0.467. The Bertz CT molecular complexity index is 600. The Morgan fingerprint density at radius 2 is 2.15 bits per heavy atom. The van der Waals surface area contributed by atoms with E-state index in [0.717, 1.165) is 36.6 Å². The number of aromatic amines is 1. The van der Waals surface area contributed by atoms with Crippen LogP contribution in [0.15, 0.2) is 24.4 Å². The molecule has 0 aliphatic heterocycles. The Balaban J connectivity index is 1.58. The Kier molecular flexibility index (Phi) is 3.69. The highest BCUT2D eigenvalue weighted by atomic mass is 16.3. The van der Waals surface area contributed by atoms with Gasteiger partial charge in [0.1, 0.15) is 0 Å². The average Bonchev–Trinajstić information content (AvgIpc) is 2.93. The maximum absolute atomic E-state index is 12.1. The normalized spacial score (nSPS) is 22.9. The molecule has 0 spiro atoms. The Labute approximate surface area is 117 Å². The third-order valence-corrected chi connectivity index (χ3v) is 4.07. The zero-order chi connectivity index (χ0) is 13.9. The second-order valence-corrected chi connectivity index (χ2v) is 5.56. The molecule has 106 valence electrons. The predicted molar refractivity (Wildman–Crippen MR) is 76.4 cm³/mol. The van der Waals surface area contributed by atoms with E-state index in [1.807, 2.05) is 12.1 Å². The first-order chi connectivity index (χ1) is 9.72. The molecule has 5 nitrogen and oxygen atoms in total. The number of hydrogen-bond donors (Lipinski definition) is 3. The number of nitrogens with one attached hydrogen (secondary N) is 2. The van der Waals surface area contributed by atoms with Crippen LogP contribution in [0.2, 0.25) is 0 Å². The van der Waals surface area contributed by atoms with Crippen LogP contribution in [0.1, 0.15) is 36.0 Å². The number of rotatable bonds is 3. The Hall–Kier alpha value is -1.88. The molecule has 1 saturated carbocycles. The van der Waals surface area contributed by atoms with Gasteiger partial charge in [-0.1, -0.05) is 0 Å². The first-order valence-corrected chi connectivity index (χ1v) is 7.12. The molecule has 0 saturated heterocycles. The van der Waals surface area contributed by atoms with E-state index in [1.165, 1.54) is 0 Å². The third kappa shape index (κ3) is 2.82. The van der Waals surface area contributed by atoms with Gasteiger partial charge in [-0.05, 0) is 49.8 Å². The molecule has 0 unspecified atom stereocenters. The molecule has 3 N–H and O–H groups in total. The van der Waals surface area contributed by atoms with Gasteiger partial charge in [0.25, 0.3) is 5.91 Å². The molecule has 0 bridgehead atoms. The first-order valence-electron chi connectivity index (χ1n) is 7.12. The van der Waals surface area contributed by atoms with E-state index in [9.17, 15) is 9.90 Å². The van der Waals surface area contributed by atoms with Crippen LogP contribution in [0, 0.1) is 5.92 Å². The van der Waals surface area contributed by atoms with Gasteiger partial charge in [-0.2, -0.15) is 5.10 Å². The van der Waals surface area contributed by atoms with Crippen LogP contribution >= 0.6 is 0 Å². The van der Waals surface area contributed by atoms with Crippen LogP contribution < -0.4 is 5.32 Å². The molecule has 1 amide bonds. The molecule has 0 atom stereocenters. The van der Waals surface area contributed by atoms with Gasteiger partial charge in [-0.15, -0.1) is 0 Å². The topological polar surface area (TPSA) is 78.0 Å². The van der Waals surface area contributed by atoms with Crippen LogP contribution in [0.5, 0.6) is 0 Å². The number of carbonyl (C=O) groups is 1. The number of aromatic nitrogens is 2. The van der Waals surface area contributed by atoms with Gasteiger partial charge in [0.05, 0.1) is 17.8 Å². The number of aliphatic hydroxyl groups is 1. The van der Waals surface area contributed by atoms with Crippen LogP contribution in [-0.4, -0.2) is 33.9 Å². The molecule has 3 rings (SSSR count). The molecule has 1 heterocycles. The van der Waals surface area contributed by atoms with E-state index in [-0.39, 0.29) is 12.0 Å². The third-order valence-electron chi connectivity index (χ3n) is 4.07. The van der Waals surface area contributed by atoms with E-state index < -0.39 is 0 Å². The van der Waals surface area contributed by atoms with Crippen molar-refractivity contribution in [2.45, 2.75) is 31.8 Å². The molecule has 0 radical (unpaired) electrons. The zero-order valence-electron chi connectivity index (χ0n) is 11.3. The van der Waals surface area contributed by atoms with Crippen molar-refractivity contribution in [2.75, 3.05) is 6.54 Å². The van der Waals surface area contributed by atoms with Gasteiger partial charge in [-0.3, -0.25) is 9.89 Å². The largest absolute Gasteiger partial charge is 0.393 e. The van der Waals surface area contributed by atoms with Gasteiger partial charge >= 0.3 is 0 Å². The molecular formula is C15H19N3O2. The molecule has 1 fully saturated rings. The van der Waals surface area contributed by atoms with Gasteiger partial charge in [0, 0.05) is 17.5 Å². The van der Waals surface area contributed by atoms with Crippen LogP contribution in [-0.2, 0) is 0 Å². The lowest BCUT2D eigenvalue weighted by atomic mass is 9.87. The summed E-state index contributed by atoms with van der Waals surface area (Å²) in [5, 5.41) is 20.2. The number of nitrogens with zero attached hydrogens (tertiary/aromatic N) is 1. The summed E-state index contributed by atoms with van der Waals surface area (Å²) in [6, 6.07) is 5.52. The highest BCUT2D eigenvalue weighted by molar-refractivity contribution is 5.97. The molecule has 5 heteroatoms. The quantitative estimate of drug-likeness (QED) is 0.798. The van der Waals surface area contributed by atoms with Gasteiger partial charge in [0.15, 0.2) is 0 Å². The molecule has 1 aliphatic rings. The summed E-state index contributed by atoms with van der Waals surface area (Å²) in [5.74, 6) is 0.444. The summed E-state index contributed by atoms with van der Waals surface area (Å²) in [5.41, 5.74) is 1.59. The smallest absolute Gasteiger partial charge is 0.251 e. The van der Waals surface area contributed by atoms with Crippen molar-refractivity contribution in [3.05, 3.63) is 30.0 Å². The molecular weight excluding hydrogens is 254 g/mol. The number of amides is 1. The van der Waals surface area contributed by atoms with Crippen LogP contribution in [0.4, 0.5) is 0 Å². The number of fused-ring (bicyclic) bond motifs is 1. The van der Waals surface area contributed by atoms with Crippen molar-refractivity contribution < 1.29 is 9.90 Å². The maximum atomic E-state index is 12.1. The molecule has 1 aliphatic carbocycles. The highest BCUT2D eigenvalue weighted by Gasteiger charge is 2.19. The van der Waals surface area contributed by atoms with Gasteiger partial charge < -0.3 is 10.4 Å². The van der Waals surface area contributed by atoms with Crippen molar-refractivity contribution in [3.63, 3.8) is 0 Å². The first kappa shape index (κ1) is 13.1. The predicted octanol–water partition coefficient (Wildman–Crippen LogP) is 1.84. The number of hydrogen-bond acceptors (Lipinski definition) is 3. The summed E-state index contributed by atoms with van der Waals surface area (Å²) in [6.45, 7) is 0.689. The molecule has 1 aromatic heterocycles. The molecule has 1 aromatic carbocycles. The fourth-order valence-corrected chi connectivity index (χ4v) is 2.77. The SMILES string of the molecule is O=C(NCC1CCC(O)CC1)c1ccc2[nH]ncc2c1. The van der Waals surface area contributed by atoms with Gasteiger partial charge in [-0.25, -0.2) is 0 Å². The van der Waals surface area contributed by atoms with Crippen molar-refractivity contribution in [2.24, 2.45) is 5.92 Å². The Morgan fingerprint density at radius 3 is 2.95 bits per heavy atom. The summed E-state index contributed by atoms with van der Waals surface area (Å²) < 4.78 is 0. The lowest BCUT2D eigenvalue weighted by Gasteiger charge is -2.25. The summed E-state index contributed by atoms with van der Waals surface area (Å²) in [6.07, 6.45) is 5.24. The lowest BCUT2D eigenvalue weighted by Crippen LogP contribution is -2.32. The van der Waals surface area contributed by atoms with Crippen molar-refractivity contribution in [1.29, 1.82) is 0 Å². The van der Waals surface area contributed by atoms with Crippen molar-refractivity contribution in [3.8, 4) is 0 Å². The second kappa shape index (κ2) is 5.63. The zero-order valence-corrected chi connectivity index (χ0v) is 11.3. The number of aliphatic hydroxyl groups excluding tert-OH is 1. The summed E-state index contributed by atoms with van der Waals surface area (Å²) in [7, 11) is 0. The van der Waals surface area contributed by atoms with E-state index in [4.69, 9.17) is 0 Å². The monoisotopic (exact) mass is 273 g/mol. The van der Waals surface area contributed by atoms with Crippen molar-refractivity contribution in [1.82, 2.24) is 15.5 Å². The average molecular weight is 273 g/mol. The number of benzene rings is 1. The van der Waals surface area contributed by atoms with E-state index in [1.54, 1.807) is 12.3 Å². The summed E-state index contributed by atoms with van der Waals surface area (Å²) in [4.78, 5) is 12.1. The van der Waals surface area contributed by atoms with Crippen LogP contribution in [0.3, 0.4) is 0 Å². The standard InChI is InChI=1S/C15H19N3O2/c19-13-4-1-10(2-5-13)8-16-15(20)11-3-6-14-12(7-11)9-17-18-14/h3,6-7,9-10,13,19H,1-2,4-5,8H2,(H,16,20)(H,17,18).